The first-order valence-electron chi connectivity index (χ1n) is 10.5. The Hall–Kier alpha value is -3.86. The van der Waals surface area contributed by atoms with Gasteiger partial charge in [-0.1, -0.05) is 0 Å². The molecule has 2 heterocycles. The van der Waals surface area contributed by atoms with E-state index < -0.39 is 29.3 Å². The van der Waals surface area contributed by atoms with E-state index in [1.165, 1.54) is 11.2 Å². The third kappa shape index (κ3) is 5.37. The number of carbonyl (C=O) groups is 3. The quantitative estimate of drug-likeness (QED) is 0.443. The summed E-state index contributed by atoms with van der Waals surface area (Å²) < 4.78 is 15.0. The molecule has 0 aliphatic heterocycles. The van der Waals surface area contributed by atoms with E-state index in [-0.39, 0.29) is 22.0 Å². The average Bonchev–Trinajstić information content (AvgIpc) is 3.41. The van der Waals surface area contributed by atoms with Gasteiger partial charge in [-0.05, 0) is 75.6 Å². The molecule has 1 aromatic carbocycles. The maximum atomic E-state index is 13.8. The van der Waals surface area contributed by atoms with E-state index in [0.29, 0.717) is 18.0 Å². The molecule has 0 bridgehead atoms. The molecule has 34 heavy (non-hydrogen) atoms. The highest BCUT2D eigenvalue weighted by Crippen LogP contribution is 2.34. The first kappa shape index (κ1) is 24.8. The second-order valence-electron chi connectivity index (χ2n) is 8.40. The van der Waals surface area contributed by atoms with E-state index in [1.54, 1.807) is 36.4 Å². The lowest BCUT2D eigenvalue weighted by Gasteiger charge is -2.32. The van der Waals surface area contributed by atoms with Crippen LogP contribution in [-0.4, -0.2) is 34.2 Å². The molecular weight excluding hydrogens is 458 g/mol. The van der Waals surface area contributed by atoms with Crippen LogP contribution in [0, 0.1) is 0 Å². The van der Waals surface area contributed by atoms with Crippen molar-refractivity contribution in [2.75, 3.05) is 17.2 Å². The van der Waals surface area contributed by atoms with Crippen molar-refractivity contribution in [1.82, 2.24) is 9.69 Å². The molecule has 3 amide bonds. The number of anilines is 2. The van der Waals surface area contributed by atoms with Crippen molar-refractivity contribution < 1.29 is 23.5 Å². The lowest BCUT2D eigenvalue weighted by molar-refractivity contribution is -0.124. The molecule has 0 unspecified atom stereocenters. The van der Waals surface area contributed by atoms with Crippen LogP contribution in [0.1, 0.15) is 59.7 Å². The minimum atomic E-state index is -1.18. The Bertz CT molecular complexity index is 1170. The summed E-state index contributed by atoms with van der Waals surface area (Å²) in [4.78, 5) is 40.2. The maximum absolute atomic E-state index is 13.8. The Morgan fingerprint density at radius 2 is 1.88 bits per heavy atom. The number of amides is 3. The lowest BCUT2D eigenvalue weighted by Crippen LogP contribution is -2.49. The van der Waals surface area contributed by atoms with E-state index in [1.807, 2.05) is 27.7 Å². The van der Waals surface area contributed by atoms with Gasteiger partial charge in [-0.3, -0.25) is 19.3 Å². The lowest BCUT2D eigenvalue weighted by atomic mass is 10.1. The summed E-state index contributed by atoms with van der Waals surface area (Å²) >= 11 is 0.732. The van der Waals surface area contributed by atoms with Crippen LogP contribution in [0.4, 0.5) is 11.4 Å². The van der Waals surface area contributed by atoms with E-state index in [2.05, 4.69) is 9.69 Å². The van der Waals surface area contributed by atoms with E-state index in [4.69, 9.17) is 20.6 Å². The van der Waals surface area contributed by atoms with Crippen LogP contribution in [0.2, 0.25) is 0 Å². The van der Waals surface area contributed by atoms with Gasteiger partial charge in [-0.2, -0.15) is 4.37 Å². The van der Waals surface area contributed by atoms with Gasteiger partial charge < -0.3 is 25.9 Å². The second kappa shape index (κ2) is 9.96. The molecule has 2 aromatic heterocycles. The number of hydrogen-bond acceptors (Lipinski definition) is 8. The highest BCUT2D eigenvalue weighted by atomic mass is 32.1. The number of nitrogens with one attached hydrogen (secondary N) is 1. The molecule has 0 fully saturated rings. The van der Waals surface area contributed by atoms with Gasteiger partial charge >= 0.3 is 0 Å². The number of furan rings is 1. The number of rotatable bonds is 8. The normalized spacial score (nSPS) is 12.1. The van der Waals surface area contributed by atoms with Gasteiger partial charge in [0.25, 0.3) is 17.7 Å². The van der Waals surface area contributed by atoms with Gasteiger partial charge in [0.2, 0.25) is 0 Å². The smallest absolute Gasteiger partial charge is 0.273 e. The summed E-state index contributed by atoms with van der Waals surface area (Å²) in [6.45, 7) is 7.81. The van der Waals surface area contributed by atoms with Crippen LogP contribution in [0.15, 0.2) is 47.1 Å². The van der Waals surface area contributed by atoms with E-state index in [0.717, 1.165) is 11.5 Å². The van der Waals surface area contributed by atoms with Gasteiger partial charge in [0.15, 0.2) is 11.7 Å². The number of primary amides is 1. The molecule has 3 aromatic rings. The molecular formula is C23H27N5O5S. The third-order valence-electron chi connectivity index (χ3n) is 4.62. The Morgan fingerprint density at radius 3 is 2.38 bits per heavy atom. The highest BCUT2D eigenvalue weighted by Gasteiger charge is 2.38. The Morgan fingerprint density at radius 1 is 1.21 bits per heavy atom. The standard InChI is InChI=1S/C23H27N5O5S/c1-5-32-14-10-8-13(9-11-14)28(22(31)19-16(24)17(20(25)29)27-34-19)18(15-7-6-12-33-15)21(30)26-23(2,3)4/h6-12,18H,5,24H2,1-4H3,(H2,25,29)(H,26,30)/t18-/m0/s1. The van der Waals surface area contributed by atoms with Gasteiger partial charge in [0.05, 0.1) is 18.6 Å². The zero-order valence-corrected chi connectivity index (χ0v) is 20.1. The van der Waals surface area contributed by atoms with Crippen LogP contribution < -0.4 is 26.4 Å². The van der Waals surface area contributed by atoms with Crippen LogP contribution in [0.25, 0.3) is 0 Å². The summed E-state index contributed by atoms with van der Waals surface area (Å²) in [5.74, 6) is -1.13. The first-order chi connectivity index (χ1) is 16.0. The predicted molar refractivity (Wildman–Crippen MR) is 129 cm³/mol. The molecule has 0 saturated heterocycles. The summed E-state index contributed by atoms with van der Waals surface area (Å²) in [5, 5.41) is 2.90. The van der Waals surface area contributed by atoms with Gasteiger partial charge in [-0.25, -0.2) is 0 Å². The van der Waals surface area contributed by atoms with Crippen molar-refractivity contribution in [3.63, 3.8) is 0 Å². The van der Waals surface area contributed by atoms with Crippen LogP contribution in [0.3, 0.4) is 0 Å². The van der Waals surface area contributed by atoms with Crippen LogP contribution >= 0.6 is 11.5 Å². The zero-order chi connectivity index (χ0) is 25.0. The fraction of sp³-hybridized carbons (Fsp3) is 0.304. The molecule has 0 aliphatic rings. The van der Waals surface area contributed by atoms with Crippen molar-refractivity contribution in [3.8, 4) is 5.75 Å². The molecule has 0 spiro atoms. The van der Waals surface area contributed by atoms with E-state index >= 15 is 0 Å². The number of aromatic nitrogens is 1. The second-order valence-corrected chi connectivity index (χ2v) is 9.17. The number of nitrogens with two attached hydrogens (primary N) is 2. The monoisotopic (exact) mass is 485 g/mol. The Kier molecular flexibility index (Phi) is 7.26. The molecule has 0 saturated carbocycles. The number of carbonyl (C=O) groups excluding carboxylic acids is 3. The Labute approximate surface area is 201 Å². The maximum Gasteiger partial charge on any atom is 0.273 e. The average molecular weight is 486 g/mol. The molecule has 180 valence electrons. The fourth-order valence-corrected chi connectivity index (χ4v) is 3.99. The molecule has 5 N–H and O–H groups in total. The molecule has 11 heteroatoms. The van der Waals surface area contributed by atoms with Crippen LogP contribution in [0.5, 0.6) is 5.75 Å². The third-order valence-corrected chi connectivity index (χ3v) is 5.47. The molecule has 0 aliphatic carbocycles. The highest BCUT2D eigenvalue weighted by molar-refractivity contribution is 7.09. The summed E-state index contributed by atoms with van der Waals surface area (Å²) in [5.41, 5.74) is 10.8. The fourth-order valence-electron chi connectivity index (χ4n) is 3.25. The van der Waals surface area contributed by atoms with Crippen molar-refractivity contribution >= 4 is 40.6 Å². The topological polar surface area (TPSA) is 154 Å². The van der Waals surface area contributed by atoms with Gasteiger partial charge in [0.1, 0.15) is 16.4 Å². The number of hydrogen-bond donors (Lipinski definition) is 3. The molecule has 3 rings (SSSR count). The Balaban J connectivity index is 2.17. The van der Waals surface area contributed by atoms with Crippen molar-refractivity contribution in [2.45, 2.75) is 39.3 Å². The minimum absolute atomic E-state index is 0.0252. The van der Waals surface area contributed by atoms with Crippen LogP contribution in [-0.2, 0) is 4.79 Å². The van der Waals surface area contributed by atoms with Crippen molar-refractivity contribution in [3.05, 3.63) is 59.0 Å². The minimum Gasteiger partial charge on any atom is -0.494 e. The van der Waals surface area contributed by atoms with Gasteiger partial charge in [-0.15, -0.1) is 0 Å². The zero-order valence-electron chi connectivity index (χ0n) is 19.3. The number of ether oxygens (including phenoxy) is 1. The van der Waals surface area contributed by atoms with Crippen molar-refractivity contribution in [2.24, 2.45) is 5.73 Å². The predicted octanol–water partition coefficient (Wildman–Crippen LogP) is 3.12. The molecule has 10 nitrogen and oxygen atoms in total. The summed E-state index contributed by atoms with van der Waals surface area (Å²) in [7, 11) is 0. The van der Waals surface area contributed by atoms with Gasteiger partial charge in [0, 0.05) is 11.2 Å². The number of nitrogen functional groups attached to an aromatic ring is 1. The number of benzene rings is 1. The number of nitrogens with zero attached hydrogens (tertiary/aromatic N) is 2. The van der Waals surface area contributed by atoms with E-state index in [9.17, 15) is 14.4 Å². The summed E-state index contributed by atoms with van der Waals surface area (Å²) in [6, 6.07) is 8.71. The largest absolute Gasteiger partial charge is 0.494 e. The summed E-state index contributed by atoms with van der Waals surface area (Å²) in [6.07, 6.45) is 1.42. The SMILES string of the molecule is CCOc1ccc(N(C(=O)c2snc(C(N)=O)c2N)[C@H](C(=O)NC(C)(C)C)c2ccco2)cc1. The van der Waals surface area contributed by atoms with Crippen molar-refractivity contribution in [1.29, 1.82) is 0 Å². The molecule has 0 radical (unpaired) electrons. The first-order valence-corrected chi connectivity index (χ1v) is 11.3. The molecule has 1 atom stereocenters.